The van der Waals surface area contributed by atoms with Gasteiger partial charge in [0.05, 0.1) is 6.61 Å². The Bertz CT molecular complexity index is 1360. The predicted octanol–water partition coefficient (Wildman–Crippen LogP) is 6.21. The first-order valence-electron chi connectivity index (χ1n) is 13.8. The molecule has 5 nitrogen and oxygen atoms in total. The summed E-state index contributed by atoms with van der Waals surface area (Å²) >= 11 is 0. The summed E-state index contributed by atoms with van der Waals surface area (Å²) in [5.41, 5.74) is 5.60. The minimum absolute atomic E-state index is 0.0371. The molecular weight excluding hydrogens is 446 g/mol. The van der Waals surface area contributed by atoms with Crippen LogP contribution in [0.2, 0.25) is 0 Å². The van der Waals surface area contributed by atoms with Crippen molar-refractivity contribution in [2.75, 3.05) is 26.3 Å². The van der Waals surface area contributed by atoms with Gasteiger partial charge in [-0.1, -0.05) is 36.4 Å². The van der Waals surface area contributed by atoms with Crippen LogP contribution in [0, 0.1) is 0 Å². The number of piperidine rings is 1. The number of hydrogen-bond acceptors (Lipinski definition) is 4. The first-order chi connectivity index (χ1) is 17.8. The summed E-state index contributed by atoms with van der Waals surface area (Å²) < 4.78 is 14.1. The molecule has 4 aromatic rings. The molecule has 2 fully saturated rings. The number of benzene rings is 2. The molecule has 2 aromatic carbocycles. The third-order valence-electron chi connectivity index (χ3n) is 8.64. The van der Waals surface area contributed by atoms with Crippen LogP contribution in [0.5, 0.6) is 0 Å². The van der Waals surface area contributed by atoms with E-state index in [0.29, 0.717) is 18.6 Å². The van der Waals surface area contributed by atoms with E-state index in [1.54, 1.807) is 0 Å². The van der Waals surface area contributed by atoms with E-state index in [0.717, 1.165) is 51.2 Å². The van der Waals surface area contributed by atoms with Crippen LogP contribution in [-0.2, 0) is 22.4 Å². The highest BCUT2D eigenvalue weighted by molar-refractivity contribution is 5.91. The Labute approximate surface area is 213 Å². The second kappa shape index (κ2) is 9.62. The average molecular weight is 482 g/mol. The van der Waals surface area contributed by atoms with E-state index in [-0.39, 0.29) is 6.29 Å². The maximum atomic E-state index is 6.03. The zero-order valence-corrected chi connectivity index (χ0v) is 20.9. The van der Waals surface area contributed by atoms with Crippen LogP contribution < -0.4 is 0 Å². The van der Waals surface area contributed by atoms with Crippen molar-refractivity contribution in [1.29, 1.82) is 0 Å². The van der Waals surface area contributed by atoms with E-state index in [9.17, 15) is 0 Å². The molecule has 5 heteroatoms. The number of pyridine rings is 1. The Kier molecular flexibility index (Phi) is 6.00. The quantitative estimate of drug-likeness (QED) is 0.328. The van der Waals surface area contributed by atoms with Gasteiger partial charge in [0, 0.05) is 37.0 Å². The van der Waals surface area contributed by atoms with Crippen LogP contribution >= 0.6 is 0 Å². The van der Waals surface area contributed by atoms with Gasteiger partial charge in [-0.3, -0.25) is 4.90 Å². The van der Waals surface area contributed by atoms with E-state index >= 15 is 0 Å². The van der Waals surface area contributed by atoms with Gasteiger partial charge in [-0.2, -0.15) is 0 Å². The van der Waals surface area contributed by atoms with Gasteiger partial charge in [-0.05, 0) is 97.1 Å². The number of fused-ring (bicyclic) bond motifs is 1. The number of nitrogens with zero attached hydrogens (tertiary/aromatic N) is 3. The van der Waals surface area contributed by atoms with Gasteiger partial charge in [0.1, 0.15) is 5.65 Å². The third kappa shape index (κ3) is 4.03. The van der Waals surface area contributed by atoms with Crippen LogP contribution in [0.1, 0.15) is 60.8 Å². The molecule has 4 heterocycles. The molecule has 0 spiro atoms. The first kappa shape index (κ1) is 22.5. The smallest absolute Gasteiger partial charge is 0.157 e. The molecule has 2 aromatic heterocycles. The van der Waals surface area contributed by atoms with Gasteiger partial charge in [-0.25, -0.2) is 4.98 Å². The molecule has 0 radical (unpaired) electrons. The Morgan fingerprint density at radius 2 is 1.83 bits per heavy atom. The Morgan fingerprint density at radius 1 is 0.944 bits per heavy atom. The maximum Gasteiger partial charge on any atom is 0.157 e. The molecule has 0 saturated carbocycles. The van der Waals surface area contributed by atoms with Crippen molar-refractivity contribution >= 4 is 21.8 Å². The molecule has 0 N–H and O–H groups in total. The van der Waals surface area contributed by atoms with Crippen LogP contribution in [0.3, 0.4) is 0 Å². The lowest BCUT2D eigenvalue weighted by Gasteiger charge is -2.36. The van der Waals surface area contributed by atoms with Crippen molar-refractivity contribution < 1.29 is 9.47 Å². The summed E-state index contributed by atoms with van der Waals surface area (Å²) in [6, 6.07) is 18.5. The molecule has 2 atom stereocenters. The van der Waals surface area contributed by atoms with E-state index in [4.69, 9.17) is 14.5 Å². The lowest BCUT2D eigenvalue weighted by molar-refractivity contribution is -0.163. The average Bonchev–Trinajstić information content (AvgIpc) is 3.50. The lowest BCUT2D eigenvalue weighted by atomic mass is 9.88. The molecule has 0 amide bonds. The van der Waals surface area contributed by atoms with Crippen molar-refractivity contribution in [2.24, 2.45) is 0 Å². The van der Waals surface area contributed by atoms with Crippen molar-refractivity contribution in [3.8, 4) is 0 Å². The fraction of sp³-hybridized carbons (Fsp3) is 0.452. The monoisotopic (exact) mass is 481 g/mol. The molecule has 2 unspecified atom stereocenters. The molecule has 1 aliphatic carbocycles. The SMILES string of the molecule is c1cc2c3c(cccc3c1)C(N1CCC(c3cn(CCOC4CCCCO4)c4ncccc34)CC1)C2. The summed E-state index contributed by atoms with van der Waals surface area (Å²) in [7, 11) is 0. The summed E-state index contributed by atoms with van der Waals surface area (Å²) in [6.45, 7) is 4.60. The minimum Gasteiger partial charge on any atom is -0.353 e. The number of ether oxygens (including phenoxy) is 2. The molecular formula is C31H35N3O2. The van der Waals surface area contributed by atoms with Gasteiger partial charge < -0.3 is 14.0 Å². The van der Waals surface area contributed by atoms with Gasteiger partial charge in [-0.15, -0.1) is 0 Å². The van der Waals surface area contributed by atoms with Crippen LogP contribution in [0.15, 0.2) is 60.9 Å². The Balaban J connectivity index is 1.05. The molecule has 3 aliphatic rings. The summed E-state index contributed by atoms with van der Waals surface area (Å²) in [4.78, 5) is 7.49. The van der Waals surface area contributed by atoms with E-state index in [1.807, 2.05) is 6.20 Å². The number of hydrogen-bond donors (Lipinski definition) is 0. The second-order valence-electron chi connectivity index (χ2n) is 10.7. The van der Waals surface area contributed by atoms with Crippen LogP contribution in [-0.4, -0.2) is 47.0 Å². The van der Waals surface area contributed by atoms with E-state index < -0.39 is 0 Å². The predicted molar refractivity (Wildman–Crippen MR) is 143 cm³/mol. The summed E-state index contributed by atoms with van der Waals surface area (Å²) in [6.07, 6.45) is 11.1. The number of rotatable bonds is 6. The zero-order chi connectivity index (χ0) is 23.9. The molecule has 2 saturated heterocycles. The van der Waals surface area contributed by atoms with Crippen molar-refractivity contribution in [1.82, 2.24) is 14.5 Å². The van der Waals surface area contributed by atoms with Gasteiger partial charge in [0.25, 0.3) is 0 Å². The van der Waals surface area contributed by atoms with Gasteiger partial charge in [0.2, 0.25) is 0 Å². The molecule has 2 aliphatic heterocycles. The molecule has 186 valence electrons. The highest BCUT2D eigenvalue weighted by Gasteiger charge is 2.32. The minimum atomic E-state index is -0.0371. The maximum absolute atomic E-state index is 6.03. The summed E-state index contributed by atoms with van der Waals surface area (Å²) in [5.74, 6) is 0.580. The normalized spacial score (nSPS) is 23.1. The standard InChI is InChI=1S/C31H35N3O2/c1-2-18-35-29(11-1)36-19-17-34-21-27(25-10-5-14-32-31(25)34)22-12-15-33(16-13-22)28-20-24-8-3-6-23-7-4-9-26(28)30(23)24/h3-10,14,21-22,28-29H,1-2,11-13,15-20H2. The third-order valence-corrected chi connectivity index (χ3v) is 8.64. The first-order valence-corrected chi connectivity index (χ1v) is 13.8. The molecule has 0 bridgehead atoms. The highest BCUT2D eigenvalue weighted by atomic mass is 16.7. The fourth-order valence-electron chi connectivity index (χ4n) is 6.83. The topological polar surface area (TPSA) is 39.5 Å². The van der Waals surface area contributed by atoms with Crippen molar-refractivity contribution in [3.63, 3.8) is 0 Å². The molecule has 36 heavy (non-hydrogen) atoms. The van der Waals surface area contributed by atoms with Gasteiger partial charge in [0.15, 0.2) is 6.29 Å². The highest BCUT2D eigenvalue weighted by Crippen LogP contribution is 2.43. The fourth-order valence-corrected chi connectivity index (χ4v) is 6.83. The number of likely N-dealkylation sites (tertiary alicyclic amines) is 1. The number of aromatic nitrogens is 2. The lowest BCUT2D eigenvalue weighted by Crippen LogP contribution is -2.36. The molecule has 7 rings (SSSR count). The zero-order valence-electron chi connectivity index (χ0n) is 20.9. The van der Waals surface area contributed by atoms with Crippen molar-refractivity contribution in [3.05, 3.63) is 77.6 Å². The van der Waals surface area contributed by atoms with E-state index in [2.05, 4.69) is 64.2 Å². The van der Waals surface area contributed by atoms with Gasteiger partial charge >= 0.3 is 0 Å². The summed E-state index contributed by atoms with van der Waals surface area (Å²) in [5, 5.41) is 4.20. The van der Waals surface area contributed by atoms with Crippen LogP contribution in [0.4, 0.5) is 0 Å². The largest absolute Gasteiger partial charge is 0.353 e. The van der Waals surface area contributed by atoms with Crippen molar-refractivity contribution in [2.45, 2.75) is 63.3 Å². The van der Waals surface area contributed by atoms with E-state index in [1.165, 1.54) is 52.1 Å². The Hall–Kier alpha value is -2.73. The van der Waals surface area contributed by atoms with Crippen LogP contribution in [0.25, 0.3) is 21.8 Å². The second-order valence-corrected chi connectivity index (χ2v) is 10.7. The Morgan fingerprint density at radius 3 is 2.69 bits per heavy atom.